The fraction of sp³-hybridized carbons (Fsp3) is 0.300. The van der Waals surface area contributed by atoms with Gasteiger partial charge in [-0.1, -0.05) is 11.6 Å². The Morgan fingerprint density at radius 2 is 2.28 bits per heavy atom. The summed E-state index contributed by atoms with van der Waals surface area (Å²) in [7, 11) is 1.70. The van der Waals surface area contributed by atoms with E-state index < -0.39 is 11.8 Å². The van der Waals surface area contributed by atoms with Crippen molar-refractivity contribution < 1.29 is 14.4 Å². The molecule has 1 heterocycles. The molecule has 1 aromatic heterocycles. The lowest BCUT2D eigenvalue weighted by atomic mass is 10.2. The number of hydrogen-bond donors (Lipinski definition) is 2. The van der Waals surface area contributed by atoms with Crippen LogP contribution in [-0.2, 0) is 21.5 Å². The number of rotatable bonds is 5. The minimum Gasteiger partial charge on any atom is -0.368 e. The third-order valence-corrected chi connectivity index (χ3v) is 2.43. The topological polar surface area (TPSA) is 99.2 Å². The van der Waals surface area contributed by atoms with Gasteiger partial charge in [0.2, 0.25) is 5.91 Å². The van der Waals surface area contributed by atoms with Crippen molar-refractivity contribution in [3.05, 3.63) is 22.5 Å². The molecular formula is C10H13ClN4O3. The van der Waals surface area contributed by atoms with Gasteiger partial charge >= 0.3 is 0 Å². The largest absolute Gasteiger partial charge is 0.368 e. The van der Waals surface area contributed by atoms with Gasteiger partial charge in [-0.25, -0.2) is 5.48 Å². The van der Waals surface area contributed by atoms with Crippen LogP contribution in [0, 0.1) is 6.92 Å². The van der Waals surface area contributed by atoms with Crippen LogP contribution in [0.25, 0.3) is 6.08 Å². The molecule has 18 heavy (non-hydrogen) atoms. The molecular weight excluding hydrogens is 260 g/mol. The molecule has 8 heteroatoms. The summed E-state index contributed by atoms with van der Waals surface area (Å²) in [5.74, 6) is -1.21. The number of hydrogen-bond acceptors (Lipinski definition) is 4. The highest BCUT2D eigenvalue weighted by Crippen LogP contribution is 2.19. The number of primary amides is 1. The summed E-state index contributed by atoms with van der Waals surface area (Å²) >= 11 is 5.97. The number of carbonyl (C=O) groups is 2. The van der Waals surface area contributed by atoms with Gasteiger partial charge in [-0.2, -0.15) is 5.10 Å². The van der Waals surface area contributed by atoms with Crippen molar-refractivity contribution in [3.63, 3.8) is 0 Å². The maximum Gasteiger partial charge on any atom is 0.267 e. The number of nitrogens with one attached hydrogen (secondary N) is 1. The highest BCUT2D eigenvalue weighted by atomic mass is 35.5. The Bertz CT molecular complexity index is 496. The van der Waals surface area contributed by atoms with Crippen LogP contribution in [-0.4, -0.2) is 28.2 Å². The van der Waals surface area contributed by atoms with Crippen molar-refractivity contribution >= 4 is 29.5 Å². The second kappa shape index (κ2) is 6.18. The van der Waals surface area contributed by atoms with Gasteiger partial charge in [0.05, 0.1) is 5.69 Å². The Morgan fingerprint density at radius 3 is 2.78 bits per heavy atom. The molecule has 0 fully saturated rings. The van der Waals surface area contributed by atoms with Gasteiger partial charge in [0.15, 0.2) is 6.61 Å². The molecule has 0 spiro atoms. The molecule has 0 saturated heterocycles. The summed E-state index contributed by atoms with van der Waals surface area (Å²) < 4.78 is 1.50. The predicted octanol–water partition coefficient (Wildman–Crippen LogP) is -0.0718. The van der Waals surface area contributed by atoms with Crippen LogP contribution in [0.4, 0.5) is 0 Å². The summed E-state index contributed by atoms with van der Waals surface area (Å²) in [6, 6.07) is 0. The molecule has 0 aliphatic heterocycles. The van der Waals surface area contributed by atoms with E-state index in [0.717, 1.165) is 0 Å². The second-order valence-corrected chi connectivity index (χ2v) is 3.83. The Morgan fingerprint density at radius 1 is 1.61 bits per heavy atom. The molecule has 1 rings (SSSR count). The van der Waals surface area contributed by atoms with E-state index in [-0.39, 0.29) is 6.61 Å². The number of nitrogens with zero attached hydrogens (tertiary/aromatic N) is 2. The van der Waals surface area contributed by atoms with Gasteiger partial charge in [-0.15, -0.1) is 0 Å². The zero-order valence-corrected chi connectivity index (χ0v) is 10.7. The molecule has 0 aliphatic rings. The number of amides is 2. The fourth-order valence-electron chi connectivity index (χ4n) is 1.21. The highest BCUT2D eigenvalue weighted by Gasteiger charge is 2.08. The molecule has 2 amide bonds. The minimum absolute atomic E-state index is 0.383. The SMILES string of the molecule is Cc1nn(C)c(Cl)c1/C=C/C(=O)NOCC(N)=O. The first-order valence-corrected chi connectivity index (χ1v) is 5.37. The van der Waals surface area contributed by atoms with Gasteiger partial charge in [0, 0.05) is 18.7 Å². The molecule has 0 bridgehead atoms. The molecule has 0 radical (unpaired) electrons. The van der Waals surface area contributed by atoms with E-state index in [0.29, 0.717) is 16.4 Å². The van der Waals surface area contributed by atoms with Gasteiger partial charge in [-0.05, 0) is 13.0 Å². The van der Waals surface area contributed by atoms with Crippen LogP contribution in [0.2, 0.25) is 5.15 Å². The van der Waals surface area contributed by atoms with Crippen molar-refractivity contribution in [2.24, 2.45) is 12.8 Å². The number of aryl methyl sites for hydroxylation is 2. The Labute approximate surface area is 108 Å². The van der Waals surface area contributed by atoms with Gasteiger partial charge in [-0.3, -0.25) is 19.1 Å². The summed E-state index contributed by atoms with van der Waals surface area (Å²) in [5, 5.41) is 4.51. The minimum atomic E-state index is -0.676. The fourth-order valence-corrected chi connectivity index (χ4v) is 1.44. The van der Waals surface area contributed by atoms with E-state index in [9.17, 15) is 9.59 Å². The van der Waals surface area contributed by atoms with E-state index in [1.165, 1.54) is 16.8 Å². The van der Waals surface area contributed by atoms with Gasteiger partial charge in [0.25, 0.3) is 5.91 Å². The number of halogens is 1. The third-order valence-electron chi connectivity index (χ3n) is 1.98. The Balaban J connectivity index is 2.58. The molecule has 7 nitrogen and oxygen atoms in total. The van der Waals surface area contributed by atoms with Crippen molar-refractivity contribution in [2.45, 2.75) is 6.92 Å². The lowest BCUT2D eigenvalue weighted by molar-refractivity contribution is -0.134. The van der Waals surface area contributed by atoms with Crippen molar-refractivity contribution in [1.82, 2.24) is 15.3 Å². The van der Waals surface area contributed by atoms with Crippen LogP contribution in [0.5, 0.6) is 0 Å². The highest BCUT2D eigenvalue weighted by molar-refractivity contribution is 6.31. The first-order chi connectivity index (χ1) is 8.41. The summed E-state index contributed by atoms with van der Waals surface area (Å²) in [6.45, 7) is 1.39. The first kappa shape index (κ1) is 14.2. The standard InChI is InChI=1S/C10H13ClN4O3/c1-6-7(10(11)15(2)13-6)3-4-9(17)14-18-5-8(12)16/h3-4H,5H2,1-2H3,(H2,12,16)(H,14,17)/b4-3+. The van der Waals surface area contributed by atoms with E-state index in [1.54, 1.807) is 14.0 Å². The van der Waals surface area contributed by atoms with Gasteiger partial charge < -0.3 is 5.73 Å². The average molecular weight is 273 g/mol. The second-order valence-electron chi connectivity index (χ2n) is 3.47. The molecule has 0 aromatic carbocycles. The Hall–Kier alpha value is -1.86. The Kier molecular flexibility index (Phi) is 4.87. The number of aromatic nitrogens is 2. The van der Waals surface area contributed by atoms with Crippen molar-refractivity contribution in [2.75, 3.05) is 6.61 Å². The van der Waals surface area contributed by atoms with Crippen LogP contribution in [0.3, 0.4) is 0 Å². The summed E-state index contributed by atoms with van der Waals surface area (Å²) in [6.07, 6.45) is 2.73. The maximum absolute atomic E-state index is 11.3. The average Bonchev–Trinajstić information content (AvgIpc) is 2.50. The number of carbonyl (C=O) groups excluding carboxylic acids is 2. The van der Waals surface area contributed by atoms with Crippen molar-refractivity contribution in [3.8, 4) is 0 Å². The molecule has 0 saturated carbocycles. The smallest absolute Gasteiger partial charge is 0.267 e. The van der Waals surface area contributed by atoms with Gasteiger partial charge in [0.1, 0.15) is 5.15 Å². The first-order valence-electron chi connectivity index (χ1n) is 4.99. The number of nitrogens with two attached hydrogens (primary N) is 1. The normalized spacial score (nSPS) is 10.8. The van der Waals surface area contributed by atoms with E-state index in [4.69, 9.17) is 17.3 Å². The van der Waals surface area contributed by atoms with Crippen LogP contribution >= 0.6 is 11.6 Å². The summed E-state index contributed by atoms with van der Waals surface area (Å²) in [5.41, 5.74) is 8.20. The van der Waals surface area contributed by atoms with Crippen molar-refractivity contribution in [1.29, 1.82) is 0 Å². The summed E-state index contributed by atoms with van der Waals surface area (Å²) in [4.78, 5) is 26.2. The lowest BCUT2D eigenvalue weighted by Gasteiger charge is -1.99. The van der Waals surface area contributed by atoms with E-state index >= 15 is 0 Å². The molecule has 0 aliphatic carbocycles. The monoisotopic (exact) mass is 272 g/mol. The van der Waals surface area contributed by atoms with Crippen LogP contribution < -0.4 is 11.2 Å². The van der Waals surface area contributed by atoms with E-state index in [1.807, 2.05) is 5.48 Å². The zero-order valence-electron chi connectivity index (χ0n) is 9.94. The quantitative estimate of drug-likeness (QED) is 0.579. The van der Waals surface area contributed by atoms with E-state index in [2.05, 4.69) is 9.94 Å². The van der Waals surface area contributed by atoms with Crippen LogP contribution in [0.15, 0.2) is 6.08 Å². The third kappa shape index (κ3) is 3.86. The molecule has 3 N–H and O–H groups in total. The molecule has 1 aromatic rings. The molecule has 98 valence electrons. The maximum atomic E-state index is 11.3. The zero-order chi connectivity index (χ0) is 13.7. The molecule has 0 unspecified atom stereocenters. The van der Waals surface area contributed by atoms with Crippen LogP contribution in [0.1, 0.15) is 11.3 Å². The number of hydroxylamine groups is 1. The predicted molar refractivity (Wildman–Crippen MR) is 65.3 cm³/mol. The lowest BCUT2D eigenvalue weighted by Crippen LogP contribution is -2.28. The molecule has 0 atom stereocenters.